The second kappa shape index (κ2) is 7.65. The Balaban J connectivity index is 2.13. The zero-order chi connectivity index (χ0) is 18.7. The van der Waals surface area contributed by atoms with Gasteiger partial charge in [-0.3, -0.25) is 8.98 Å². The second-order valence-corrected chi connectivity index (χ2v) is 8.13. The predicted octanol–water partition coefficient (Wildman–Crippen LogP) is 3.04. The summed E-state index contributed by atoms with van der Waals surface area (Å²) in [4.78, 5) is 10.9. The lowest BCUT2D eigenvalue weighted by Gasteiger charge is -2.26. The average molecular weight is 396 g/mol. The van der Waals surface area contributed by atoms with Gasteiger partial charge in [-0.2, -0.15) is 8.42 Å². The Morgan fingerprint density at radius 3 is 2.62 bits per heavy atom. The number of halogens is 1. The molecule has 1 amide bonds. The molecule has 0 aromatic heterocycles. The first-order chi connectivity index (χ1) is 12.4. The third-order valence-electron chi connectivity index (χ3n) is 4.28. The van der Waals surface area contributed by atoms with E-state index in [1.54, 1.807) is 18.2 Å². The summed E-state index contributed by atoms with van der Waals surface area (Å²) >= 11 is 6.17. The van der Waals surface area contributed by atoms with Crippen LogP contribution in [0, 0.1) is 0 Å². The van der Waals surface area contributed by atoms with Crippen LogP contribution in [0.5, 0.6) is 11.5 Å². The van der Waals surface area contributed by atoms with Crippen LogP contribution in [-0.2, 0) is 19.1 Å². The summed E-state index contributed by atoms with van der Waals surface area (Å²) < 4.78 is 34.2. The molecule has 26 heavy (non-hydrogen) atoms. The van der Waals surface area contributed by atoms with Gasteiger partial charge in [0.25, 0.3) is 10.1 Å². The number of fused-ring (bicyclic) bond motifs is 2. The largest absolute Gasteiger partial charge is 0.457 e. The molecule has 2 aromatic carbocycles. The zero-order valence-electron chi connectivity index (χ0n) is 14.0. The number of carbonyl (C=O) groups is 1. The third-order valence-corrected chi connectivity index (χ3v) is 5.08. The molecule has 1 aliphatic heterocycles. The van der Waals surface area contributed by atoms with Crippen molar-refractivity contribution in [3.05, 3.63) is 58.6 Å². The summed E-state index contributed by atoms with van der Waals surface area (Å²) in [5, 5.41) is 3.21. The molecule has 138 valence electrons. The standard InChI is InChI=1S/C18H18ClNO5S/c1-26(22,23)24-10-16-13-4-2-3-5-17(13)25-18-7-6-12(19)8-14(18)15(16)9-20-11-21/h2-8,11,15-16H,9-10H2,1H3,(H,20,21)/t15-,16-/m1/s1. The van der Waals surface area contributed by atoms with E-state index in [0.29, 0.717) is 22.9 Å². The normalized spacial score (nSPS) is 18.8. The number of ether oxygens (including phenoxy) is 1. The van der Waals surface area contributed by atoms with Crippen molar-refractivity contribution in [1.29, 1.82) is 0 Å². The Kier molecular flexibility index (Phi) is 5.50. The molecule has 0 saturated heterocycles. The van der Waals surface area contributed by atoms with Gasteiger partial charge >= 0.3 is 0 Å². The Morgan fingerprint density at radius 1 is 1.15 bits per heavy atom. The Hall–Kier alpha value is -2.09. The van der Waals surface area contributed by atoms with Gasteiger partial charge in [-0.1, -0.05) is 29.8 Å². The molecule has 1 aliphatic rings. The van der Waals surface area contributed by atoms with Gasteiger partial charge in [-0.15, -0.1) is 0 Å². The van der Waals surface area contributed by atoms with E-state index in [-0.39, 0.29) is 25.0 Å². The molecular formula is C18H18ClNO5S. The number of benzene rings is 2. The highest BCUT2D eigenvalue weighted by molar-refractivity contribution is 7.85. The molecule has 1 N–H and O–H groups in total. The monoisotopic (exact) mass is 395 g/mol. The quantitative estimate of drug-likeness (QED) is 0.600. The molecule has 0 spiro atoms. The highest BCUT2D eigenvalue weighted by atomic mass is 35.5. The molecule has 0 radical (unpaired) electrons. The first-order valence-electron chi connectivity index (χ1n) is 7.96. The number of rotatable bonds is 6. The van der Waals surface area contributed by atoms with E-state index in [1.807, 2.05) is 24.3 Å². The summed E-state index contributed by atoms with van der Waals surface area (Å²) in [6.45, 7) is 0.211. The van der Waals surface area contributed by atoms with Crippen LogP contribution in [0.3, 0.4) is 0 Å². The fraction of sp³-hybridized carbons (Fsp3) is 0.278. The highest BCUT2D eigenvalue weighted by Crippen LogP contribution is 2.46. The van der Waals surface area contributed by atoms with Crippen LogP contribution in [0.4, 0.5) is 0 Å². The van der Waals surface area contributed by atoms with Gasteiger partial charge in [0, 0.05) is 34.5 Å². The van der Waals surface area contributed by atoms with Gasteiger partial charge < -0.3 is 10.1 Å². The summed E-state index contributed by atoms with van der Waals surface area (Å²) in [5.41, 5.74) is 1.59. The average Bonchev–Trinajstić information content (AvgIpc) is 2.71. The second-order valence-electron chi connectivity index (χ2n) is 6.05. The number of carbonyl (C=O) groups excluding carboxylic acids is 1. The van der Waals surface area contributed by atoms with Crippen LogP contribution < -0.4 is 10.1 Å². The minimum absolute atomic E-state index is 0.0731. The first kappa shape index (κ1) is 18.7. The summed E-state index contributed by atoms with van der Waals surface area (Å²) in [5.74, 6) is 0.598. The molecule has 0 saturated carbocycles. The Bertz CT molecular complexity index is 916. The van der Waals surface area contributed by atoms with E-state index in [1.165, 1.54) is 0 Å². The van der Waals surface area contributed by atoms with Gasteiger partial charge in [0.2, 0.25) is 6.41 Å². The number of hydrogen-bond donors (Lipinski definition) is 1. The molecule has 1 heterocycles. The number of hydrogen-bond acceptors (Lipinski definition) is 5. The lowest BCUT2D eigenvalue weighted by Crippen LogP contribution is -2.27. The van der Waals surface area contributed by atoms with Crippen molar-refractivity contribution in [3.8, 4) is 11.5 Å². The highest BCUT2D eigenvalue weighted by Gasteiger charge is 2.33. The van der Waals surface area contributed by atoms with E-state index in [2.05, 4.69) is 5.32 Å². The maximum atomic E-state index is 11.5. The molecule has 0 bridgehead atoms. The third kappa shape index (κ3) is 4.17. The minimum Gasteiger partial charge on any atom is -0.457 e. The molecule has 0 fully saturated rings. The van der Waals surface area contributed by atoms with E-state index in [0.717, 1.165) is 17.4 Å². The molecule has 8 heteroatoms. The van der Waals surface area contributed by atoms with Crippen molar-refractivity contribution < 1.29 is 22.1 Å². The SMILES string of the molecule is CS(=O)(=O)OC[C@@H]1c2ccccc2Oc2ccc(Cl)cc2[C@H]1CNC=O. The van der Waals surface area contributed by atoms with Crippen molar-refractivity contribution in [2.24, 2.45) is 0 Å². The summed E-state index contributed by atoms with van der Waals surface area (Å²) in [7, 11) is -3.62. The van der Waals surface area contributed by atoms with Crippen molar-refractivity contribution in [1.82, 2.24) is 5.32 Å². The van der Waals surface area contributed by atoms with Crippen molar-refractivity contribution in [3.63, 3.8) is 0 Å². The molecule has 0 aliphatic carbocycles. The maximum absolute atomic E-state index is 11.5. The van der Waals surface area contributed by atoms with Gasteiger partial charge in [0.05, 0.1) is 12.9 Å². The first-order valence-corrected chi connectivity index (χ1v) is 10.2. The fourth-order valence-corrected chi connectivity index (χ4v) is 3.74. The molecule has 3 rings (SSSR count). The maximum Gasteiger partial charge on any atom is 0.264 e. The lowest BCUT2D eigenvalue weighted by atomic mass is 9.82. The molecule has 6 nitrogen and oxygen atoms in total. The van der Waals surface area contributed by atoms with Gasteiger partial charge in [-0.25, -0.2) is 0 Å². The minimum atomic E-state index is -3.62. The Morgan fingerprint density at radius 2 is 1.88 bits per heavy atom. The number of amides is 1. The predicted molar refractivity (Wildman–Crippen MR) is 98.3 cm³/mol. The molecule has 0 unspecified atom stereocenters. The summed E-state index contributed by atoms with van der Waals surface area (Å²) in [6.07, 6.45) is 1.62. The van der Waals surface area contributed by atoms with E-state index in [4.69, 9.17) is 20.5 Å². The van der Waals surface area contributed by atoms with Crippen LogP contribution in [0.15, 0.2) is 42.5 Å². The van der Waals surface area contributed by atoms with Crippen LogP contribution in [-0.4, -0.2) is 34.2 Å². The number of nitrogens with one attached hydrogen (secondary N) is 1. The zero-order valence-corrected chi connectivity index (χ0v) is 15.6. The molecular weight excluding hydrogens is 378 g/mol. The van der Waals surface area contributed by atoms with Crippen LogP contribution >= 0.6 is 11.6 Å². The van der Waals surface area contributed by atoms with E-state index < -0.39 is 10.1 Å². The summed E-state index contributed by atoms with van der Waals surface area (Å²) in [6, 6.07) is 12.6. The topological polar surface area (TPSA) is 81.7 Å². The van der Waals surface area contributed by atoms with Crippen LogP contribution in [0.25, 0.3) is 0 Å². The smallest absolute Gasteiger partial charge is 0.264 e. The van der Waals surface area contributed by atoms with Crippen molar-refractivity contribution in [2.75, 3.05) is 19.4 Å². The lowest BCUT2D eigenvalue weighted by molar-refractivity contribution is -0.109. The fourth-order valence-electron chi connectivity index (χ4n) is 3.16. The van der Waals surface area contributed by atoms with Crippen molar-refractivity contribution in [2.45, 2.75) is 11.8 Å². The van der Waals surface area contributed by atoms with Crippen LogP contribution in [0.1, 0.15) is 23.0 Å². The molecule has 2 aromatic rings. The van der Waals surface area contributed by atoms with Gasteiger partial charge in [0.15, 0.2) is 0 Å². The van der Waals surface area contributed by atoms with Gasteiger partial charge in [0.1, 0.15) is 11.5 Å². The van der Waals surface area contributed by atoms with Crippen molar-refractivity contribution >= 4 is 28.1 Å². The Labute approximate surface area is 157 Å². The van der Waals surface area contributed by atoms with E-state index >= 15 is 0 Å². The van der Waals surface area contributed by atoms with E-state index in [9.17, 15) is 13.2 Å². The van der Waals surface area contributed by atoms with Crippen LogP contribution in [0.2, 0.25) is 5.02 Å². The van der Waals surface area contributed by atoms with Gasteiger partial charge in [-0.05, 0) is 24.3 Å². The molecule has 2 atom stereocenters. The number of para-hydroxylation sites is 1.